The van der Waals surface area contributed by atoms with Crippen molar-refractivity contribution in [1.82, 2.24) is 0 Å². The Bertz CT molecular complexity index is 1300. The molecule has 0 bridgehead atoms. The fourth-order valence-corrected chi connectivity index (χ4v) is 9.91. The van der Waals surface area contributed by atoms with Gasteiger partial charge in [-0.05, 0) is 57.8 Å². The number of rotatable bonds is 61. The van der Waals surface area contributed by atoms with E-state index < -0.39 is 6.10 Å². The second kappa shape index (κ2) is 63.9. The SMILES string of the molecule is CC/C=C\C/C=C\C/C=C\C/C=C\CCCCCCCCCCCCCCCCC(=O)OCC(COC(=O)CCCCCCCCCCCCCCC)OC(=O)CCCCCCCCCCCCCCCCCCC. The molecule has 75 heavy (non-hydrogen) atoms. The predicted molar refractivity (Wildman–Crippen MR) is 325 cm³/mol. The number of unbranched alkanes of at least 4 members (excludes halogenated alkanes) is 42. The van der Waals surface area contributed by atoms with Crippen LogP contribution in [0.4, 0.5) is 0 Å². The number of hydrogen-bond acceptors (Lipinski definition) is 6. The lowest BCUT2D eigenvalue weighted by molar-refractivity contribution is -0.167. The van der Waals surface area contributed by atoms with Crippen molar-refractivity contribution < 1.29 is 28.6 Å². The number of ether oxygens (including phenoxy) is 3. The number of hydrogen-bond donors (Lipinski definition) is 0. The minimum absolute atomic E-state index is 0.0664. The van der Waals surface area contributed by atoms with Crippen LogP contribution in [0.2, 0.25) is 0 Å². The fourth-order valence-electron chi connectivity index (χ4n) is 9.91. The first-order chi connectivity index (χ1) is 37.0. The van der Waals surface area contributed by atoms with Gasteiger partial charge in [-0.2, -0.15) is 0 Å². The highest BCUT2D eigenvalue weighted by Gasteiger charge is 2.19. The summed E-state index contributed by atoms with van der Waals surface area (Å²) in [4.78, 5) is 38.3. The van der Waals surface area contributed by atoms with Gasteiger partial charge >= 0.3 is 17.9 Å². The third-order valence-corrected chi connectivity index (χ3v) is 14.8. The lowest BCUT2D eigenvalue weighted by Gasteiger charge is -2.18. The lowest BCUT2D eigenvalue weighted by atomic mass is 10.0. The highest BCUT2D eigenvalue weighted by atomic mass is 16.6. The third kappa shape index (κ3) is 62.1. The van der Waals surface area contributed by atoms with E-state index in [1.165, 1.54) is 231 Å². The van der Waals surface area contributed by atoms with Crippen LogP contribution in [0.3, 0.4) is 0 Å². The van der Waals surface area contributed by atoms with Crippen LogP contribution >= 0.6 is 0 Å². The molecule has 0 aromatic carbocycles. The Labute approximate surface area is 467 Å². The van der Waals surface area contributed by atoms with Crippen molar-refractivity contribution in [1.29, 1.82) is 0 Å². The predicted octanol–water partition coefficient (Wildman–Crippen LogP) is 22.6. The van der Waals surface area contributed by atoms with Crippen LogP contribution in [-0.4, -0.2) is 37.2 Å². The van der Waals surface area contributed by atoms with Crippen molar-refractivity contribution >= 4 is 17.9 Å². The maximum atomic E-state index is 12.9. The highest BCUT2D eigenvalue weighted by Crippen LogP contribution is 2.18. The summed E-state index contributed by atoms with van der Waals surface area (Å²) in [6.07, 6.45) is 79.8. The molecule has 0 amide bonds. The Balaban J connectivity index is 4.22. The molecular weight excluding hydrogens is 925 g/mol. The standard InChI is InChI=1S/C69H126O6/c1-4-7-10-13-16-19-22-25-27-29-30-31-32-33-34-35-36-37-38-40-41-44-47-50-53-56-59-62-68(71)74-65-66(64-73-67(70)61-58-55-52-49-46-43-24-21-18-15-12-9-6-3)75-69(72)63-60-57-54-51-48-45-42-39-28-26-23-20-17-14-11-8-5-2/h7,10,16,19,25,27,30-31,66H,4-6,8-9,11-15,17-18,20-24,26,28-29,32-65H2,1-3H3/b10-7-,19-16-,27-25-,31-30-. The third-order valence-electron chi connectivity index (χ3n) is 14.8. The average molecular weight is 1050 g/mol. The monoisotopic (exact) mass is 1050 g/mol. The zero-order valence-corrected chi connectivity index (χ0v) is 50.3. The summed E-state index contributed by atoms with van der Waals surface area (Å²) in [6, 6.07) is 0. The van der Waals surface area contributed by atoms with Gasteiger partial charge < -0.3 is 14.2 Å². The molecule has 438 valence electrons. The van der Waals surface area contributed by atoms with Gasteiger partial charge in [0, 0.05) is 19.3 Å². The van der Waals surface area contributed by atoms with Gasteiger partial charge in [0.1, 0.15) is 13.2 Å². The lowest BCUT2D eigenvalue weighted by Crippen LogP contribution is -2.30. The van der Waals surface area contributed by atoms with Crippen LogP contribution in [0.25, 0.3) is 0 Å². The van der Waals surface area contributed by atoms with E-state index in [9.17, 15) is 14.4 Å². The van der Waals surface area contributed by atoms with Crippen LogP contribution in [0.15, 0.2) is 48.6 Å². The molecule has 0 aromatic heterocycles. The average Bonchev–Trinajstić information content (AvgIpc) is 3.41. The number of carbonyl (C=O) groups excluding carboxylic acids is 3. The molecule has 0 fully saturated rings. The van der Waals surface area contributed by atoms with Crippen molar-refractivity contribution in [3.63, 3.8) is 0 Å². The summed E-state index contributed by atoms with van der Waals surface area (Å²) in [5, 5.41) is 0. The van der Waals surface area contributed by atoms with Crippen LogP contribution in [0.1, 0.15) is 355 Å². The summed E-state index contributed by atoms with van der Waals surface area (Å²) in [5.41, 5.74) is 0. The molecule has 0 radical (unpaired) electrons. The molecule has 0 aromatic rings. The molecule has 0 rings (SSSR count). The van der Waals surface area contributed by atoms with Gasteiger partial charge in [0.05, 0.1) is 0 Å². The first kappa shape index (κ1) is 72.4. The van der Waals surface area contributed by atoms with Gasteiger partial charge in [-0.15, -0.1) is 0 Å². The van der Waals surface area contributed by atoms with E-state index in [1.807, 2.05) is 0 Å². The van der Waals surface area contributed by atoms with Gasteiger partial charge in [0.15, 0.2) is 6.10 Å². The molecule has 6 heteroatoms. The van der Waals surface area contributed by atoms with E-state index in [4.69, 9.17) is 14.2 Å². The molecule has 0 saturated heterocycles. The summed E-state index contributed by atoms with van der Waals surface area (Å²) < 4.78 is 17.0. The smallest absolute Gasteiger partial charge is 0.306 e. The van der Waals surface area contributed by atoms with Crippen molar-refractivity contribution in [2.24, 2.45) is 0 Å². The topological polar surface area (TPSA) is 78.9 Å². The molecule has 0 aliphatic rings. The van der Waals surface area contributed by atoms with E-state index >= 15 is 0 Å². The Hall–Kier alpha value is -2.63. The molecule has 0 heterocycles. The summed E-state index contributed by atoms with van der Waals surface area (Å²) >= 11 is 0. The van der Waals surface area contributed by atoms with Crippen LogP contribution in [0, 0.1) is 0 Å². The van der Waals surface area contributed by atoms with Crippen molar-refractivity contribution in [3.8, 4) is 0 Å². The number of esters is 3. The Kier molecular flexibility index (Phi) is 61.7. The fraction of sp³-hybridized carbons (Fsp3) is 0.841. The molecule has 1 atom stereocenters. The van der Waals surface area contributed by atoms with Gasteiger partial charge in [0.2, 0.25) is 0 Å². The first-order valence-corrected chi connectivity index (χ1v) is 33.1. The molecule has 1 unspecified atom stereocenters. The minimum Gasteiger partial charge on any atom is -0.462 e. The van der Waals surface area contributed by atoms with E-state index in [0.29, 0.717) is 19.3 Å². The van der Waals surface area contributed by atoms with Gasteiger partial charge in [-0.1, -0.05) is 326 Å². The van der Waals surface area contributed by atoms with Gasteiger partial charge in [-0.3, -0.25) is 14.4 Å². The van der Waals surface area contributed by atoms with E-state index in [0.717, 1.165) is 83.5 Å². The molecule has 6 nitrogen and oxygen atoms in total. The summed E-state index contributed by atoms with van der Waals surface area (Å²) in [5.74, 6) is -0.841. The molecule has 0 saturated carbocycles. The maximum absolute atomic E-state index is 12.9. The highest BCUT2D eigenvalue weighted by molar-refractivity contribution is 5.71. The Morgan fingerprint density at radius 2 is 0.520 bits per heavy atom. The summed E-state index contributed by atoms with van der Waals surface area (Å²) in [6.45, 7) is 6.59. The van der Waals surface area contributed by atoms with Crippen molar-refractivity contribution in [2.45, 2.75) is 361 Å². The second-order valence-corrected chi connectivity index (χ2v) is 22.4. The van der Waals surface area contributed by atoms with Gasteiger partial charge in [0.25, 0.3) is 0 Å². The zero-order chi connectivity index (χ0) is 54.3. The van der Waals surface area contributed by atoms with E-state index in [1.54, 1.807) is 0 Å². The summed E-state index contributed by atoms with van der Waals surface area (Å²) in [7, 11) is 0. The van der Waals surface area contributed by atoms with Crippen LogP contribution in [0.5, 0.6) is 0 Å². The molecule has 0 aliphatic heterocycles. The van der Waals surface area contributed by atoms with E-state index in [2.05, 4.69) is 69.4 Å². The molecule has 0 N–H and O–H groups in total. The Morgan fingerprint density at radius 1 is 0.280 bits per heavy atom. The normalized spacial score (nSPS) is 12.3. The van der Waals surface area contributed by atoms with Crippen LogP contribution in [-0.2, 0) is 28.6 Å². The molecular formula is C69H126O6. The van der Waals surface area contributed by atoms with Crippen molar-refractivity contribution in [2.75, 3.05) is 13.2 Å². The maximum Gasteiger partial charge on any atom is 0.306 e. The Morgan fingerprint density at radius 3 is 0.813 bits per heavy atom. The zero-order valence-electron chi connectivity index (χ0n) is 50.3. The largest absolute Gasteiger partial charge is 0.462 e. The quantitative estimate of drug-likeness (QED) is 0.0261. The van der Waals surface area contributed by atoms with Crippen LogP contribution < -0.4 is 0 Å². The molecule has 0 aliphatic carbocycles. The number of carbonyl (C=O) groups is 3. The van der Waals surface area contributed by atoms with E-state index in [-0.39, 0.29) is 31.1 Å². The molecule has 0 spiro atoms. The minimum atomic E-state index is -0.769. The van der Waals surface area contributed by atoms with Gasteiger partial charge in [-0.25, -0.2) is 0 Å². The first-order valence-electron chi connectivity index (χ1n) is 33.1. The second-order valence-electron chi connectivity index (χ2n) is 22.4. The van der Waals surface area contributed by atoms with Crippen molar-refractivity contribution in [3.05, 3.63) is 48.6 Å². The number of allylic oxidation sites excluding steroid dienone is 8.